The number of aryl methyl sites for hydroxylation is 2. The van der Waals surface area contributed by atoms with Crippen molar-refractivity contribution in [2.45, 2.75) is 76.4 Å². The highest BCUT2D eigenvalue weighted by Crippen LogP contribution is 2.47. The number of epoxide rings is 1. The topological polar surface area (TPSA) is 204 Å². The molecule has 1 fully saturated rings. The molecule has 14 heteroatoms. The lowest BCUT2D eigenvalue weighted by molar-refractivity contribution is -0.167. The zero-order valence-electron chi connectivity index (χ0n) is 30.6. The first-order valence-corrected chi connectivity index (χ1v) is 18.1. The number of aliphatic imine (C=N–C) groups is 1. The van der Waals surface area contributed by atoms with E-state index in [2.05, 4.69) is 25.2 Å². The normalized spacial score (nSPS) is 22.0. The largest absolute Gasteiger partial charge is 0.507 e. The zero-order valence-corrected chi connectivity index (χ0v) is 30.6. The molecule has 7 heterocycles. The fraction of sp³-hybridized carbons (Fsp3) is 0.375. The van der Waals surface area contributed by atoms with Crippen molar-refractivity contribution in [3.8, 4) is 22.8 Å². The van der Waals surface area contributed by atoms with E-state index in [4.69, 9.17) is 30.1 Å². The lowest BCUT2D eigenvalue weighted by atomic mass is 9.89. The number of anilines is 2. The van der Waals surface area contributed by atoms with E-state index in [1.54, 1.807) is 19.1 Å². The first-order chi connectivity index (χ1) is 25.8. The number of aromatic hydroxyl groups is 1. The van der Waals surface area contributed by atoms with Crippen LogP contribution >= 0.6 is 0 Å². The van der Waals surface area contributed by atoms with E-state index in [-0.39, 0.29) is 28.6 Å². The summed E-state index contributed by atoms with van der Waals surface area (Å²) in [7, 11) is 1.81. The summed E-state index contributed by atoms with van der Waals surface area (Å²) < 4.78 is 24.4. The van der Waals surface area contributed by atoms with Crippen LogP contribution in [0.1, 0.15) is 49.3 Å². The number of allylic oxidation sites excluding steroid dienone is 1. The van der Waals surface area contributed by atoms with Crippen LogP contribution in [0.15, 0.2) is 74.1 Å². The smallest absolute Gasteiger partial charge is 0.341 e. The molecule has 0 bridgehead atoms. The van der Waals surface area contributed by atoms with Crippen LogP contribution in [-0.2, 0) is 33.7 Å². The fourth-order valence-electron chi connectivity index (χ4n) is 7.66. The number of nitrogens with zero attached hydrogens (tertiary/aromatic N) is 4. The number of hydrogen-bond acceptors (Lipinski definition) is 14. The highest BCUT2D eigenvalue weighted by Gasteiger charge is 2.63. The molecule has 8 rings (SSSR count). The van der Waals surface area contributed by atoms with Gasteiger partial charge in [-0.25, -0.2) is 14.8 Å². The third kappa shape index (κ3) is 6.56. The average Bonchev–Trinajstić information content (AvgIpc) is 3.42. The number of nitrogen functional groups attached to an aromatic ring is 2. The summed E-state index contributed by atoms with van der Waals surface area (Å²) in [4.78, 5) is 42.5. The summed E-state index contributed by atoms with van der Waals surface area (Å²) in [5.41, 5.74) is 16.0. The molecule has 0 spiro atoms. The van der Waals surface area contributed by atoms with Gasteiger partial charge >= 0.3 is 5.97 Å². The molecular weight excluding hydrogens is 690 g/mol. The quantitative estimate of drug-likeness (QED) is 0.127. The second-order valence-electron chi connectivity index (χ2n) is 14.9. The van der Waals surface area contributed by atoms with Gasteiger partial charge in [0.15, 0.2) is 11.0 Å². The second-order valence-corrected chi connectivity index (χ2v) is 14.9. The van der Waals surface area contributed by atoms with E-state index < -0.39 is 29.4 Å². The van der Waals surface area contributed by atoms with Crippen molar-refractivity contribution < 1.29 is 28.5 Å². The van der Waals surface area contributed by atoms with Gasteiger partial charge in [0.25, 0.3) is 0 Å². The maximum atomic E-state index is 14.0. The minimum absolute atomic E-state index is 0.0621. The van der Waals surface area contributed by atoms with Crippen molar-refractivity contribution in [1.29, 1.82) is 0 Å². The average molecular weight is 734 g/mol. The van der Waals surface area contributed by atoms with Crippen LogP contribution in [0.2, 0.25) is 0 Å². The number of phenols is 1. The van der Waals surface area contributed by atoms with Crippen LogP contribution in [0.5, 0.6) is 11.5 Å². The predicted octanol–water partition coefficient (Wildman–Crippen LogP) is 4.10. The summed E-state index contributed by atoms with van der Waals surface area (Å²) >= 11 is 0. The van der Waals surface area contributed by atoms with Gasteiger partial charge < -0.3 is 45.4 Å². The van der Waals surface area contributed by atoms with Gasteiger partial charge in [-0.3, -0.25) is 9.79 Å². The van der Waals surface area contributed by atoms with Crippen molar-refractivity contribution >= 4 is 34.8 Å². The number of hydrogen-bond donors (Lipinski definition) is 4. The summed E-state index contributed by atoms with van der Waals surface area (Å²) in [6.07, 6.45) is 6.31. The number of carbonyl (C=O) groups is 1. The van der Waals surface area contributed by atoms with Gasteiger partial charge in [-0.15, -0.1) is 0 Å². The van der Waals surface area contributed by atoms with Crippen molar-refractivity contribution in [1.82, 2.24) is 20.2 Å². The summed E-state index contributed by atoms with van der Waals surface area (Å²) in [6.45, 7) is 7.16. The van der Waals surface area contributed by atoms with E-state index in [0.29, 0.717) is 66.8 Å². The van der Waals surface area contributed by atoms with Gasteiger partial charge in [0, 0.05) is 60.6 Å². The number of nitrogens with one attached hydrogen (secondary N) is 1. The first-order valence-electron chi connectivity index (χ1n) is 18.1. The Bertz CT molecular complexity index is 2350. The highest BCUT2D eigenvalue weighted by molar-refractivity contribution is 5.87. The maximum Gasteiger partial charge on any atom is 0.341 e. The molecule has 0 aliphatic carbocycles. The van der Waals surface area contributed by atoms with Crippen LogP contribution in [0.3, 0.4) is 0 Å². The number of ether oxygens (including phenoxy) is 3. The number of rotatable bonds is 11. The highest BCUT2D eigenvalue weighted by atomic mass is 16.7. The number of pyridine rings is 2. The molecule has 4 aromatic rings. The number of fused-ring (bicyclic) bond motifs is 3. The van der Waals surface area contributed by atoms with Crippen molar-refractivity contribution in [2.24, 2.45) is 4.99 Å². The van der Waals surface area contributed by atoms with E-state index in [0.717, 1.165) is 29.1 Å². The molecule has 6 N–H and O–H groups in total. The molecule has 0 saturated carbocycles. The van der Waals surface area contributed by atoms with Gasteiger partial charge in [-0.05, 0) is 83.1 Å². The Morgan fingerprint density at radius 3 is 2.74 bits per heavy atom. The number of carbonyl (C=O) groups excluding carboxylic acids is 1. The number of esters is 1. The van der Waals surface area contributed by atoms with Gasteiger partial charge in [0.2, 0.25) is 0 Å². The molecule has 0 unspecified atom stereocenters. The van der Waals surface area contributed by atoms with Crippen molar-refractivity contribution in [2.75, 3.05) is 31.6 Å². The molecule has 0 radical (unpaired) electrons. The van der Waals surface area contributed by atoms with Gasteiger partial charge in [-0.2, -0.15) is 0 Å². The summed E-state index contributed by atoms with van der Waals surface area (Å²) in [5.74, 6) is 0.803. The van der Waals surface area contributed by atoms with Crippen molar-refractivity contribution in [3.63, 3.8) is 0 Å². The molecular formula is C40H43N7O7. The van der Waals surface area contributed by atoms with Gasteiger partial charge in [0.1, 0.15) is 51.6 Å². The fourth-order valence-corrected chi connectivity index (χ4v) is 7.66. The van der Waals surface area contributed by atoms with E-state index in [9.17, 15) is 14.7 Å². The Kier molecular flexibility index (Phi) is 8.69. The SMILES string of the molecule is CNCC[C@]1(C(=O)O[C@@H]2Cc3c(cc4oc(C)cc(=O)c4c3O)OC2(C)C)O[C@@H]1CCc1cc(N)nc(-c2cc(N)nc(CN3C=C4N=CC=C4C3)c2)c1. The van der Waals surface area contributed by atoms with E-state index in [1.165, 1.54) is 11.6 Å². The standard InChI is InChI=1S/C40H43N7O7/c1-21-11-29(48)36-31(51-21)17-30-26(37(36)49)16-33(39(2,3)53-30)52-38(50)40(8-10-43-4)32(54-40)6-5-22-12-27(46-34(41)13-22)24-14-25(45-35(42)15-24)19-47-18-23-7-9-44-28(23)20-47/h7,9,11-15,17,20,32-33,43,49H,5-6,8,10,16,18-19H2,1-4H3,(H2,41,46)(H2,42,45)/t32-,33-,40+/m1/s1. The third-order valence-electron chi connectivity index (χ3n) is 10.5. The Balaban J connectivity index is 0.970. The number of nitrogens with two attached hydrogens (primary N) is 2. The monoisotopic (exact) mass is 733 g/mol. The lowest BCUT2D eigenvalue weighted by Crippen LogP contribution is -2.50. The number of phenolic OH excluding ortho intramolecular Hbond substituents is 1. The molecule has 1 saturated heterocycles. The Hall–Kier alpha value is -5.73. The summed E-state index contributed by atoms with van der Waals surface area (Å²) in [6, 6.07) is 10.5. The predicted molar refractivity (Wildman–Crippen MR) is 203 cm³/mol. The minimum Gasteiger partial charge on any atom is -0.507 e. The van der Waals surface area contributed by atoms with Crippen LogP contribution in [0.4, 0.5) is 11.6 Å². The number of benzene rings is 1. The van der Waals surface area contributed by atoms with Crippen LogP contribution < -0.4 is 26.9 Å². The molecule has 3 aromatic heterocycles. The minimum atomic E-state index is -1.16. The number of aromatic nitrogens is 2. The Morgan fingerprint density at radius 2 is 1.94 bits per heavy atom. The zero-order chi connectivity index (χ0) is 37.9. The molecule has 54 heavy (non-hydrogen) atoms. The molecule has 280 valence electrons. The summed E-state index contributed by atoms with van der Waals surface area (Å²) in [5, 5.41) is 14.4. The lowest BCUT2D eigenvalue weighted by Gasteiger charge is -2.39. The molecule has 3 atom stereocenters. The molecule has 4 aliphatic heterocycles. The maximum absolute atomic E-state index is 14.0. The Labute approximate surface area is 311 Å². The van der Waals surface area contributed by atoms with Crippen molar-refractivity contribution in [3.05, 3.63) is 92.7 Å². The molecule has 14 nitrogen and oxygen atoms in total. The van der Waals surface area contributed by atoms with Crippen LogP contribution in [0, 0.1) is 6.92 Å². The first kappa shape index (κ1) is 35.3. The van der Waals surface area contributed by atoms with Gasteiger partial charge in [-0.1, -0.05) is 0 Å². The van der Waals surface area contributed by atoms with E-state index >= 15 is 0 Å². The van der Waals surface area contributed by atoms with Gasteiger partial charge in [0.05, 0.1) is 29.7 Å². The molecule has 4 aliphatic rings. The van der Waals surface area contributed by atoms with E-state index in [1.807, 2.05) is 57.6 Å². The molecule has 1 aromatic carbocycles. The van der Waals surface area contributed by atoms with Crippen LogP contribution in [0.25, 0.3) is 22.2 Å². The second kappa shape index (κ2) is 13.3. The third-order valence-corrected chi connectivity index (χ3v) is 10.5. The molecule has 0 amide bonds. The Morgan fingerprint density at radius 1 is 1.13 bits per heavy atom. The van der Waals surface area contributed by atoms with Crippen LogP contribution in [-0.4, -0.2) is 75.7 Å².